The van der Waals surface area contributed by atoms with Crippen LogP contribution in [0.15, 0.2) is 0 Å². The van der Waals surface area contributed by atoms with Crippen LogP contribution in [0.2, 0.25) is 0 Å². The Morgan fingerprint density at radius 3 is 2.20 bits per heavy atom. The molecule has 86 valence electrons. The molecular weight excluding hydrogens is 258 g/mol. The summed E-state index contributed by atoms with van der Waals surface area (Å²) in [6.07, 6.45) is 3.41. The fourth-order valence-electron chi connectivity index (χ4n) is 2.79. The van der Waals surface area contributed by atoms with Gasteiger partial charge in [0.2, 0.25) is 5.91 Å². The molecule has 0 radical (unpaired) electrons. The van der Waals surface area contributed by atoms with Crippen LogP contribution in [0.25, 0.3) is 0 Å². The van der Waals surface area contributed by atoms with Crippen molar-refractivity contribution in [2.45, 2.75) is 62.0 Å². The number of piperidine rings is 1. The predicted octanol–water partition coefficient (Wildman–Crippen LogP) is 1.67. The monoisotopic (exact) mass is 275 g/mol. The number of alkyl halides is 1. The number of fused-ring (bicyclic) bond motifs is 2. The van der Waals surface area contributed by atoms with Crippen LogP contribution in [-0.4, -0.2) is 38.4 Å². The summed E-state index contributed by atoms with van der Waals surface area (Å²) in [4.78, 5) is 14.2. The normalized spacial score (nSPS) is 35.7. The number of carbonyl (C=O) groups is 1. The van der Waals surface area contributed by atoms with Gasteiger partial charge in [0.1, 0.15) is 0 Å². The van der Waals surface area contributed by atoms with Crippen molar-refractivity contribution in [3.63, 3.8) is 0 Å². The van der Waals surface area contributed by atoms with Crippen LogP contribution in [0.5, 0.6) is 0 Å². The molecule has 3 nitrogen and oxygen atoms in total. The molecule has 2 rings (SSSR count). The smallest absolute Gasteiger partial charge is 0.239 e. The van der Waals surface area contributed by atoms with E-state index in [2.05, 4.69) is 15.9 Å². The summed E-state index contributed by atoms with van der Waals surface area (Å²) < 4.78 is -0.476. The Balaban J connectivity index is 2.15. The molecular formula is C11H18BrNO2. The maximum atomic E-state index is 12.2. The number of amides is 1. The van der Waals surface area contributed by atoms with Crippen molar-refractivity contribution in [3.05, 3.63) is 0 Å². The lowest BCUT2D eigenvalue weighted by atomic mass is 9.98. The molecule has 0 spiro atoms. The minimum Gasteiger partial charge on any atom is -0.393 e. The maximum absolute atomic E-state index is 12.2. The summed E-state index contributed by atoms with van der Waals surface area (Å²) in [6.45, 7) is 3.78. The van der Waals surface area contributed by atoms with E-state index in [4.69, 9.17) is 0 Å². The quantitative estimate of drug-likeness (QED) is 0.740. The average molecular weight is 276 g/mol. The number of aliphatic hydroxyl groups is 1. The molecule has 0 aromatic carbocycles. The van der Waals surface area contributed by atoms with Gasteiger partial charge in [-0.3, -0.25) is 4.79 Å². The molecule has 2 saturated heterocycles. The van der Waals surface area contributed by atoms with E-state index in [1.807, 2.05) is 18.7 Å². The minimum atomic E-state index is -0.476. The van der Waals surface area contributed by atoms with Crippen LogP contribution in [-0.2, 0) is 4.79 Å². The Morgan fingerprint density at radius 2 is 1.80 bits per heavy atom. The van der Waals surface area contributed by atoms with Gasteiger partial charge in [0, 0.05) is 12.1 Å². The molecule has 0 aromatic rings. The zero-order valence-corrected chi connectivity index (χ0v) is 10.8. The first-order chi connectivity index (χ1) is 6.89. The SMILES string of the molecule is CC(C)(Br)C(=O)N1C2CCC1CC(O)C2. The molecule has 2 atom stereocenters. The molecule has 2 fully saturated rings. The highest BCUT2D eigenvalue weighted by molar-refractivity contribution is 9.10. The van der Waals surface area contributed by atoms with Gasteiger partial charge >= 0.3 is 0 Å². The minimum absolute atomic E-state index is 0.168. The van der Waals surface area contributed by atoms with E-state index in [1.165, 1.54) is 0 Å². The zero-order chi connectivity index (χ0) is 11.2. The van der Waals surface area contributed by atoms with Crippen molar-refractivity contribution >= 4 is 21.8 Å². The van der Waals surface area contributed by atoms with Crippen molar-refractivity contribution in [2.24, 2.45) is 0 Å². The largest absolute Gasteiger partial charge is 0.393 e. The van der Waals surface area contributed by atoms with Crippen molar-refractivity contribution in [2.75, 3.05) is 0 Å². The fraction of sp³-hybridized carbons (Fsp3) is 0.909. The molecule has 4 heteroatoms. The van der Waals surface area contributed by atoms with Crippen LogP contribution in [0.1, 0.15) is 39.5 Å². The second-order valence-electron chi connectivity index (χ2n) is 5.20. The van der Waals surface area contributed by atoms with Crippen molar-refractivity contribution in [1.29, 1.82) is 0 Å². The van der Waals surface area contributed by atoms with Gasteiger partial charge in [0.15, 0.2) is 0 Å². The summed E-state index contributed by atoms with van der Waals surface area (Å²) in [7, 11) is 0. The van der Waals surface area contributed by atoms with Crippen LogP contribution in [0, 0.1) is 0 Å². The third-order valence-corrected chi connectivity index (χ3v) is 3.79. The number of rotatable bonds is 1. The van der Waals surface area contributed by atoms with Gasteiger partial charge in [-0.15, -0.1) is 0 Å². The van der Waals surface area contributed by atoms with Gasteiger partial charge in [-0.1, -0.05) is 15.9 Å². The molecule has 0 aliphatic carbocycles. The third kappa shape index (κ3) is 2.07. The standard InChI is InChI=1S/C11H18BrNO2/c1-11(2,12)10(15)13-7-3-4-8(13)6-9(14)5-7/h7-9,14H,3-6H2,1-2H3. The third-order valence-electron chi connectivity index (χ3n) is 3.45. The van der Waals surface area contributed by atoms with Gasteiger partial charge in [-0.25, -0.2) is 0 Å². The van der Waals surface area contributed by atoms with Crippen LogP contribution in [0.4, 0.5) is 0 Å². The molecule has 0 saturated carbocycles. The van der Waals surface area contributed by atoms with Gasteiger partial charge < -0.3 is 10.0 Å². The van der Waals surface area contributed by atoms with Gasteiger partial charge in [-0.2, -0.15) is 0 Å². The lowest BCUT2D eigenvalue weighted by molar-refractivity contribution is -0.139. The molecule has 1 amide bonds. The highest BCUT2D eigenvalue weighted by atomic mass is 79.9. The molecule has 2 bridgehead atoms. The number of nitrogens with zero attached hydrogens (tertiary/aromatic N) is 1. The Hall–Kier alpha value is -0.0900. The first-order valence-corrected chi connectivity index (χ1v) is 6.38. The lowest BCUT2D eigenvalue weighted by Gasteiger charge is -2.39. The van der Waals surface area contributed by atoms with Crippen molar-refractivity contribution in [3.8, 4) is 0 Å². The number of carbonyl (C=O) groups excluding carboxylic acids is 1. The maximum Gasteiger partial charge on any atom is 0.239 e. The Bertz CT molecular complexity index is 260. The summed E-state index contributed by atoms with van der Waals surface area (Å²) in [5.41, 5.74) is 0. The molecule has 2 aliphatic rings. The Kier molecular flexibility index (Phi) is 2.84. The van der Waals surface area contributed by atoms with Crippen LogP contribution < -0.4 is 0 Å². The summed E-state index contributed by atoms with van der Waals surface area (Å²) in [5.74, 6) is 0.168. The highest BCUT2D eigenvalue weighted by Gasteiger charge is 2.45. The Labute approximate surface area is 99.0 Å². The summed E-state index contributed by atoms with van der Waals surface area (Å²) in [6, 6.07) is 0.533. The lowest BCUT2D eigenvalue weighted by Crippen LogP contribution is -2.52. The topological polar surface area (TPSA) is 40.5 Å². The van der Waals surface area contributed by atoms with Crippen LogP contribution >= 0.6 is 15.9 Å². The summed E-state index contributed by atoms with van der Waals surface area (Å²) in [5, 5.41) is 9.64. The van der Waals surface area contributed by atoms with Gasteiger partial charge in [0.05, 0.1) is 10.4 Å². The first-order valence-electron chi connectivity index (χ1n) is 5.59. The van der Waals surface area contributed by atoms with E-state index in [-0.39, 0.29) is 24.1 Å². The molecule has 2 unspecified atom stereocenters. The van der Waals surface area contributed by atoms with E-state index < -0.39 is 4.32 Å². The Morgan fingerprint density at radius 1 is 1.33 bits per heavy atom. The zero-order valence-electron chi connectivity index (χ0n) is 9.24. The molecule has 2 aliphatic heterocycles. The molecule has 15 heavy (non-hydrogen) atoms. The predicted molar refractivity (Wildman–Crippen MR) is 61.9 cm³/mol. The number of halogens is 1. The van der Waals surface area contributed by atoms with E-state index in [1.54, 1.807) is 0 Å². The van der Waals surface area contributed by atoms with Gasteiger partial charge in [0.25, 0.3) is 0 Å². The second-order valence-corrected chi connectivity index (χ2v) is 7.18. The van der Waals surface area contributed by atoms with E-state index in [0.29, 0.717) is 0 Å². The van der Waals surface area contributed by atoms with E-state index in [0.717, 1.165) is 25.7 Å². The summed E-state index contributed by atoms with van der Waals surface area (Å²) >= 11 is 3.42. The number of aliphatic hydroxyl groups excluding tert-OH is 1. The van der Waals surface area contributed by atoms with Gasteiger partial charge in [-0.05, 0) is 39.5 Å². The fourth-order valence-corrected chi connectivity index (χ4v) is 2.99. The van der Waals surface area contributed by atoms with E-state index in [9.17, 15) is 9.90 Å². The van der Waals surface area contributed by atoms with Crippen molar-refractivity contribution in [1.82, 2.24) is 4.90 Å². The first kappa shape index (κ1) is 11.4. The molecule has 2 heterocycles. The van der Waals surface area contributed by atoms with Crippen LogP contribution in [0.3, 0.4) is 0 Å². The van der Waals surface area contributed by atoms with E-state index >= 15 is 0 Å². The number of hydrogen-bond donors (Lipinski definition) is 1. The molecule has 0 aromatic heterocycles. The highest BCUT2D eigenvalue weighted by Crippen LogP contribution is 2.38. The molecule has 1 N–H and O–H groups in total. The second kappa shape index (κ2) is 3.74. The van der Waals surface area contributed by atoms with Crippen molar-refractivity contribution < 1.29 is 9.90 Å². The number of hydrogen-bond acceptors (Lipinski definition) is 2. The average Bonchev–Trinajstić information content (AvgIpc) is 2.35.